The number of nitrogens with zero attached hydrogens (tertiary/aromatic N) is 2. The monoisotopic (exact) mass is 342 g/mol. The molecule has 4 nitrogen and oxygen atoms in total. The van der Waals surface area contributed by atoms with Gasteiger partial charge in [-0.25, -0.2) is 0 Å². The van der Waals surface area contributed by atoms with E-state index in [1.807, 2.05) is 4.90 Å². The molecule has 0 aromatic heterocycles. The molecule has 2 amide bonds. The molecule has 0 bridgehead atoms. The molecule has 136 valence electrons. The predicted molar refractivity (Wildman–Crippen MR) is 99.2 cm³/mol. The maximum atomic E-state index is 12.6. The molecule has 0 unspecified atom stereocenters. The summed E-state index contributed by atoms with van der Waals surface area (Å²) in [6.45, 7) is 4.90. The van der Waals surface area contributed by atoms with E-state index in [1.54, 1.807) is 4.90 Å². The molecule has 2 fully saturated rings. The minimum absolute atomic E-state index is 0.135. The van der Waals surface area contributed by atoms with Gasteiger partial charge in [-0.05, 0) is 62.5 Å². The smallest absolute Gasteiger partial charge is 0.242 e. The van der Waals surface area contributed by atoms with Gasteiger partial charge in [0.25, 0.3) is 0 Å². The van der Waals surface area contributed by atoms with Crippen LogP contribution in [-0.2, 0) is 16.0 Å². The second-order valence-corrected chi connectivity index (χ2v) is 7.59. The van der Waals surface area contributed by atoms with Gasteiger partial charge in [0, 0.05) is 26.1 Å². The summed E-state index contributed by atoms with van der Waals surface area (Å²) in [6.07, 6.45) is 7.11. The van der Waals surface area contributed by atoms with Crippen molar-refractivity contribution in [2.24, 2.45) is 5.92 Å². The number of rotatable bonds is 5. The van der Waals surface area contributed by atoms with E-state index >= 15 is 0 Å². The Morgan fingerprint density at radius 1 is 1.16 bits per heavy atom. The van der Waals surface area contributed by atoms with Gasteiger partial charge in [0.1, 0.15) is 0 Å². The van der Waals surface area contributed by atoms with Crippen molar-refractivity contribution >= 4 is 11.8 Å². The van der Waals surface area contributed by atoms with Crippen LogP contribution in [0.2, 0.25) is 0 Å². The lowest BCUT2D eigenvalue weighted by atomic mass is 9.90. The van der Waals surface area contributed by atoms with Crippen LogP contribution < -0.4 is 0 Å². The molecule has 0 N–H and O–H groups in total. The molecule has 1 aromatic rings. The van der Waals surface area contributed by atoms with Crippen LogP contribution in [0.1, 0.15) is 49.7 Å². The zero-order valence-electron chi connectivity index (χ0n) is 15.4. The Labute approximate surface area is 151 Å². The minimum Gasteiger partial charge on any atom is -0.341 e. The summed E-state index contributed by atoms with van der Waals surface area (Å²) in [7, 11) is 0. The van der Waals surface area contributed by atoms with Crippen LogP contribution >= 0.6 is 0 Å². The highest BCUT2D eigenvalue weighted by molar-refractivity contribution is 5.85. The molecule has 1 atom stereocenters. The number of hydrogen-bond donors (Lipinski definition) is 0. The highest BCUT2D eigenvalue weighted by Gasteiger charge is 2.27. The molecule has 0 radical (unpaired) electrons. The molecular weight excluding hydrogens is 312 g/mol. The summed E-state index contributed by atoms with van der Waals surface area (Å²) in [5.41, 5.74) is 2.78. The summed E-state index contributed by atoms with van der Waals surface area (Å²) >= 11 is 0. The van der Waals surface area contributed by atoms with Crippen molar-refractivity contribution in [1.29, 1.82) is 0 Å². The average Bonchev–Trinajstić information content (AvgIpc) is 2.63. The molecule has 0 aliphatic carbocycles. The maximum absolute atomic E-state index is 12.6. The van der Waals surface area contributed by atoms with E-state index < -0.39 is 0 Å². The van der Waals surface area contributed by atoms with Crippen LogP contribution in [0.25, 0.3) is 0 Å². The predicted octanol–water partition coefficient (Wildman–Crippen LogP) is 3.18. The molecule has 1 aromatic carbocycles. The largest absolute Gasteiger partial charge is 0.341 e. The second-order valence-electron chi connectivity index (χ2n) is 7.59. The highest BCUT2D eigenvalue weighted by atomic mass is 16.2. The number of carbonyl (C=O) groups excluding carboxylic acids is 2. The first-order valence-corrected chi connectivity index (χ1v) is 9.73. The van der Waals surface area contributed by atoms with Crippen LogP contribution in [0.4, 0.5) is 0 Å². The van der Waals surface area contributed by atoms with Crippen molar-refractivity contribution in [2.45, 2.75) is 51.9 Å². The number of piperidine rings is 2. The summed E-state index contributed by atoms with van der Waals surface area (Å²) in [6, 6.07) is 8.57. The Morgan fingerprint density at radius 3 is 2.80 bits per heavy atom. The molecule has 0 saturated carbocycles. The van der Waals surface area contributed by atoms with Crippen LogP contribution in [0.3, 0.4) is 0 Å². The minimum atomic E-state index is 0.135. The van der Waals surface area contributed by atoms with Gasteiger partial charge in [0.15, 0.2) is 0 Å². The molecule has 2 heterocycles. The van der Waals surface area contributed by atoms with Gasteiger partial charge in [0.05, 0.1) is 6.54 Å². The number of carbonyl (C=O) groups is 2. The van der Waals surface area contributed by atoms with Crippen molar-refractivity contribution in [2.75, 3.05) is 26.2 Å². The Balaban J connectivity index is 1.49. The molecular formula is C21H30N2O2. The summed E-state index contributed by atoms with van der Waals surface area (Å²) in [4.78, 5) is 28.3. The third kappa shape index (κ3) is 4.83. The van der Waals surface area contributed by atoms with E-state index in [-0.39, 0.29) is 18.4 Å². The van der Waals surface area contributed by atoms with Crippen LogP contribution in [-0.4, -0.2) is 47.8 Å². The van der Waals surface area contributed by atoms with E-state index in [2.05, 4.69) is 31.2 Å². The normalized spacial score (nSPS) is 21.5. The molecule has 25 heavy (non-hydrogen) atoms. The van der Waals surface area contributed by atoms with Crippen molar-refractivity contribution in [3.63, 3.8) is 0 Å². The van der Waals surface area contributed by atoms with Crippen LogP contribution in [0.15, 0.2) is 24.3 Å². The molecule has 2 saturated heterocycles. The highest BCUT2D eigenvalue weighted by Crippen LogP contribution is 2.23. The summed E-state index contributed by atoms with van der Waals surface area (Å²) in [5.74, 6) is 0.859. The van der Waals surface area contributed by atoms with Crippen molar-refractivity contribution in [3.05, 3.63) is 35.4 Å². The summed E-state index contributed by atoms with van der Waals surface area (Å²) in [5, 5.41) is 0. The Bertz CT molecular complexity index is 614. The lowest BCUT2D eigenvalue weighted by molar-refractivity contribution is -0.142. The van der Waals surface area contributed by atoms with Gasteiger partial charge in [-0.3, -0.25) is 9.59 Å². The molecule has 0 spiro atoms. The first kappa shape index (κ1) is 18.0. The fraction of sp³-hybridized carbons (Fsp3) is 0.619. The number of aryl methyl sites for hydroxylation is 2. The Morgan fingerprint density at radius 2 is 2.00 bits per heavy atom. The van der Waals surface area contributed by atoms with Crippen LogP contribution in [0, 0.1) is 12.8 Å². The maximum Gasteiger partial charge on any atom is 0.242 e. The topological polar surface area (TPSA) is 40.6 Å². The first-order valence-electron chi connectivity index (χ1n) is 9.73. The number of amides is 2. The van der Waals surface area contributed by atoms with E-state index in [0.717, 1.165) is 51.7 Å². The lowest BCUT2D eigenvalue weighted by Crippen LogP contribution is -2.47. The van der Waals surface area contributed by atoms with Gasteiger partial charge in [0.2, 0.25) is 11.8 Å². The Kier molecular flexibility index (Phi) is 6.11. The zero-order chi connectivity index (χ0) is 17.6. The Hall–Kier alpha value is -1.84. The fourth-order valence-corrected chi connectivity index (χ4v) is 4.07. The lowest BCUT2D eigenvalue weighted by Gasteiger charge is -2.35. The number of likely N-dealkylation sites (tertiary alicyclic amines) is 2. The van der Waals surface area contributed by atoms with E-state index in [1.165, 1.54) is 17.5 Å². The third-order valence-corrected chi connectivity index (χ3v) is 5.70. The zero-order valence-corrected chi connectivity index (χ0v) is 15.4. The van der Waals surface area contributed by atoms with Crippen molar-refractivity contribution in [3.8, 4) is 0 Å². The molecule has 2 aliphatic heterocycles. The quantitative estimate of drug-likeness (QED) is 0.824. The fourth-order valence-electron chi connectivity index (χ4n) is 4.07. The van der Waals surface area contributed by atoms with Gasteiger partial charge >= 0.3 is 0 Å². The van der Waals surface area contributed by atoms with Crippen molar-refractivity contribution in [1.82, 2.24) is 9.80 Å². The van der Waals surface area contributed by atoms with E-state index in [0.29, 0.717) is 12.3 Å². The van der Waals surface area contributed by atoms with Crippen LogP contribution in [0.5, 0.6) is 0 Å². The van der Waals surface area contributed by atoms with Gasteiger partial charge in [-0.1, -0.05) is 24.3 Å². The van der Waals surface area contributed by atoms with Gasteiger partial charge in [-0.2, -0.15) is 0 Å². The molecule has 3 rings (SSSR count). The second kappa shape index (κ2) is 8.50. The number of benzene rings is 1. The van der Waals surface area contributed by atoms with Gasteiger partial charge < -0.3 is 9.80 Å². The average molecular weight is 342 g/mol. The first-order chi connectivity index (χ1) is 12.1. The van der Waals surface area contributed by atoms with Gasteiger partial charge in [-0.15, -0.1) is 0 Å². The SMILES string of the molecule is Cc1ccccc1CC[C@H]1CCCN(C(=O)CN2CCCCC2=O)C1. The summed E-state index contributed by atoms with van der Waals surface area (Å²) < 4.78 is 0. The van der Waals surface area contributed by atoms with Crippen molar-refractivity contribution < 1.29 is 9.59 Å². The molecule has 4 heteroatoms. The number of hydrogen-bond acceptors (Lipinski definition) is 2. The van der Waals surface area contributed by atoms with E-state index in [9.17, 15) is 9.59 Å². The molecule has 2 aliphatic rings. The van der Waals surface area contributed by atoms with E-state index in [4.69, 9.17) is 0 Å². The standard InChI is InChI=1S/C21H30N2O2/c1-17-7-2-3-9-19(17)12-11-18-8-6-14-22(15-18)21(25)16-23-13-5-4-10-20(23)24/h2-3,7,9,18H,4-6,8,10-16H2,1H3/t18-/m1/s1. The third-order valence-electron chi connectivity index (χ3n) is 5.70.